The number of rotatable bonds is 3. The smallest absolute Gasteiger partial charge is 0.343 e. The number of benzene rings is 1. The Hall–Kier alpha value is -2.71. The van der Waals surface area contributed by atoms with Crippen LogP contribution in [0.3, 0.4) is 0 Å². The van der Waals surface area contributed by atoms with E-state index in [-0.39, 0.29) is 24.2 Å². The van der Waals surface area contributed by atoms with E-state index in [2.05, 4.69) is 0 Å². The molecule has 1 aliphatic heterocycles. The van der Waals surface area contributed by atoms with Gasteiger partial charge in [-0.1, -0.05) is 6.07 Å². The van der Waals surface area contributed by atoms with Crippen molar-refractivity contribution in [2.75, 3.05) is 18.8 Å². The molecule has 3 N–H and O–H groups in total. The van der Waals surface area contributed by atoms with E-state index in [9.17, 15) is 24.1 Å². The van der Waals surface area contributed by atoms with Gasteiger partial charge in [-0.15, -0.1) is 0 Å². The Kier molecular flexibility index (Phi) is 3.50. The zero-order chi connectivity index (χ0) is 15.8. The SMILES string of the molecule is Nc1c(C(=O)N2CCC(F)(C(=O)O)C2)cccc1[N+](=O)[O-]. The third-order valence-corrected chi connectivity index (χ3v) is 3.40. The van der Waals surface area contributed by atoms with Crippen molar-refractivity contribution >= 4 is 23.3 Å². The molecule has 1 heterocycles. The summed E-state index contributed by atoms with van der Waals surface area (Å²) in [7, 11) is 0. The Morgan fingerprint density at radius 3 is 2.67 bits per heavy atom. The fourth-order valence-corrected chi connectivity index (χ4v) is 2.19. The number of carboxylic acid groups (broad SMARTS) is 1. The highest BCUT2D eigenvalue weighted by Gasteiger charge is 2.47. The molecule has 1 unspecified atom stereocenters. The van der Waals surface area contributed by atoms with E-state index in [1.807, 2.05) is 0 Å². The molecule has 1 fully saturated rings. The van der Waals surface area contributed by atoms with Crippen LogP contribution in [-0.4, -0.2) is 45.6 Å². The first-order valence-electron chi connectivity index (χ1n) is 6.01. The molecule has 1 saturated heterocycles. The number of likely N-dealkylation sites (tertiary alicyclic amines) is 1. The summed E-state index contributed by atoms with van der Waals surface area (Å²) in [5, 5.41) is 19.6. The Bertz CT molecular complexity index is 635. The summed E-state index contributed by atoms with van der Waals surface area (Å²) >= 11 is 0. The van der Waals surface area contributed by atoms with Gasteiger partial charge in [-0.2, -0.15) is 0 Å². The zero-order valence-corrected chi connectivity index (χ0v) is 10.8. The normalized spacial score (nSPS) is 21.3. The third-order valence-electron chi connectivity index (χ3n) is 3.40. The average molecular weight is 297 g/mol. The van der Waals surface area contributed by atoms with Gasteiger partial charge in [0.25, 0.3) is 11.6 Å². The molecule has 0 radical (unpaired) electrons. The summed E-state index contributed by atoms with van der Waals surface area (Å²) in [5.41, 5.74) is 2.20. The molecule has 0 aliphatic carbocycles. The van der Waals surface area contributed by atoms with Gasteiger partial charge in [0, 0.05) is 19.0 Å². The first-order chi connectivity index (χ1) is 9.76. The van der Waals surface area contributed by atoms with E-state index < -0.39 is 34.7 Å². The lowest BCUT2D eigenvalue weighted by Gasteiger charge is -2.18. The maximum absolute atomic E-state index is 13.9. The quantitative estimate of drug-likeness (QED) is 0.483. The number of para-hydroxylation sites is 1. The molecule has 9 heteroatoms. The minimum Gasteiger partial charge on any atom is -0.479 e. The topological polar surface area (TPSA) is 127 Å². The Balaban J connectivity index is 2.29. The van der Waals surface area contributed by atoms with Crippen LogP contribution >= 0.6 is 0 Å². The Labute approximate surface area is 118 Å². The lowest BCUT2D eigenvalue weighted by Crippen LogP contribution is -2.39. The van der Waals surface area contributed by atoms with E-state index in [4.69, 9.17) is 10.8 Å². The molecule has 21 heavy (non-hydrogen) atoms. The van der Waals surface area contributed by atoms with Gasteiger partial charge in [0.05, 0.1) is 17.0 Å². The molecule has 1 aromatic carbocycles. The molecule has 8 nitrogen and oxygen atoms in total. The molecule has 112 valence electrons. The second-order valence-corrected chi connectivity index (χ2v) is 4.74. The molecular formula is C12H12FN3O5. The number of amides is 1. The van der Waals surface area contributed by atoms with Gasteiger partial charge < -0.3 is 15.7 Å². The van der Waals surface area contributed by atoms with Crippen molar-refractivity contribution in [1.29, 1.82) is 0 Å². The lowest BCUT2D eigenvalue weighted by atomic mass is 10.1. The lowest BCUT2D eigenvalue weighted by molar-refractivity contribution is -0.383. The van der Waals surface area contributed by atoms with Crippen molar-refractivity contribution in [3.8, 4) is 0 Å². The van der Waals surface area contributed by atoms with Crippen LogP contribution in [0, 0.1) is 10.1 Å². The second-order valence-electron chi connectivity index (χ2n) is 4.74. The van der Waals surface area contributed by atoms with Crippen molar-refractivity contribution in [2.45, 2.75) is 12.1 Å². The standard InChI is InChI=1S/C12H12FN3O5/c13-12(11(18)19)4-5-15(6-12)10(17)7-2-1-3-8(9(7)14)16(20)21/h1-3H,4-6,14H2,(H,18,19). The largest absolute Gasteiger partial charge is 0.479 e. The van der Waals surface area contributed by atoms with E-state index >= 15 is 0 Å². The maximum atomic E-state index is 13.9. The number of nitrogens with zero attached hydrogens (tertiary/aromatic N) is 2. The fourth-order valence-electron chi connectivity index (χ4n) is 2.19. The number of carbonyl (C=O) groups excluding carboxylic acids is 1. The van der Waals surface area contributed by atoms with E-state index in [0.717, 1.165) is 11.0 Å². The van der Waals surface area contributed by atoms with Crippen LogP contribution in [0.15, 0.2) is 18.2 Å². The first kappa shape index (κ1) is 14.7. The molecule has 0 saturated carbocycles. The summed E-state index contributed by atoms with van der Waals surface area (Å²) in [5.74, 6) is -2.36. The van der Waals surface area contributed by atoms with Gasteiger partial charge in [-0.25, -0.2) is 9.18 Å². The summed E-state index contributed by atoms with van der Waals surface area (Å²) in [6.07, 6.45) is -0.330. The van der Waals surface area contributed by atoms with Gasteiger partial charge in [-0.3, -0.25) is 14.9 Å². The Morgan fingerprint density at radius 2 is 2.14 bits per heavy atom. The number of carboxylic acids is 1. The highest BCUT2D eigenvalue weighted by Crippen LogP contribution is 2.30. The molecular weight excluding hydrogens is 285 g/mol. The number of halogens is 1. The predicted octanol–water partition coefficient (Wildman–Crippen LogP) is 0.816. The van der Waals surface area contributed by atoms with Gasteiger partial charge >= 0.3 is 5.97 Å². The van der Waals surface area contributed by atoms with Crippen LogP contribution in [-0.2, 0) is 4.79 Å². The number of nitrogen functional groups attached to an aromatic ring is 1. The van der Waals surface area contributed by atoms with Crippen LogP contribution < -0.4 is 5.73 Å². The Morgan fingerprint density at radius 1 is 1.48 bits per heavy atom. The van der Waals surface area contributed by atoms with Crippen molar-refractivity contribution in [1.82, 2.24) is 4.90 Å². The van der Waals surface area contributed by atoms with Crippen molar-refractivity contribution in [3.05, 3.63) is 33.9 Å². The van der Waals surface area contributed by atoms with Crippen molar-refractivity contribution < 1.29 is 24.0 Å². The van der Waals surface area contributed by atoms with E-state index in [0.29, 0.717) is 0 Å². The number of anilines is 1. The third kappa shape index (κ3) is 2.49. The first-order valence-corrected chi connectivity index (χ1v) is 6.01. The zero-order valence-electron chi connectivity index (χ0n) is 10.8. The number of alkyl halides is 1. The minimum atomic E-state index is -2.49. The molecule has 0 spiro atoms. The molecule has 1 atom stereocenters. The number of carbonyl (C=O) groups is 2. The summed E-state index contributed by atoms with van der Waals surface area (Å²) < 4.78 is 13.9. The number of nitro benzene ring substituents is 1. The summed E-state index contributed by atoms with van der Waals surface area (Å²) in [6.45, 7) is -0.701. The summed E-state index contributed by atoms with van der Waals surface area (Å²) in [6, 6.07) is 3.72. The van der Waals surface area contributed by atoms with Gasteiger partial charge in [0.2, 0.25) is 5.67 Å². The summed E-state index contributed by atoms with van der Waals surface area (Å²) in [4.78, 5) is 34.1. The molecule has 0 bridgehead atoms. The van der Waals surface area contributed by atoms with Gasteiger partial charge in [-0.05, 0) is 6.07 Å². The number of nitro groups is 1. The fraction of sp³-hybridized carbons (Fsp3) is 0.333. The van der Waals surface area contributed by atoms with Gasteiger partial charge in [0.15, 0.2) is 0 Å². The second kappa shape index (κ2) is 5.00. The van der Waals surface area contributed by atoms with Crippen LogP contribution in [0.1, 0.15) is 16.8 Å². The van der Waals surface area contributed by atoms with Crippen LogP contribution in [0.2, 0.25) is 0 Å². The van der Waals surface area contributed by atoms with E-state index in [1.54, 1.807) is 0 Å². The van der Waals surface area contributed by atoms with E-state index in [1.165, 1.54) is 12.1 Å². The molecule has 1 amide bonds. The molecule has 2 rings (SSSR count). The maximum Gasteiger partial charge on any atom is 0.343 e. The highest BCUT2D eigenvalue weighted by molar-refractivity contribution is 6.01. The van der Waals surface area contributed by atoms with Crippen molar-refractivity contribution in [2.24, 2.45) is 0 Å². The van der Waals surface area contributed by atoms with Crippen LogP contribution in [0.25, 0.3) is 0 Å². The number of hydrogen-bond acceptors (Lipinski definition) is 5. The highest BCUT2D eigenvalue weighted by atomic mass is 19.1. The monoisotopic (exact) mass is 297 g/mol. The molecule has 1 aromatic rings. The average Bonchev–Trinajstić information content (AvgIpc) is 2.82. The molecule has 1 aliphatic rings. The number of aliphatic carboxylic acids is 1. The minimum absolute atomic E-state index is 0.0935. The molecule has 0 aromatic heterocycles. The van der Waals surface area contributed by atoms with Crippen LogP contribution in [0.4, 0.5) is 15.8 Å². The van der Waals surface area contributed by atoms with Crippen LogP contribution in [0.5, 0.6) is 0 Å². The number of hydrogen-bond donors (Lipinski definition) is 2. The van der Waals surface area contributed by atoms with Gasteiger partial charge in [0.1, 0.15) is 5.69 Å². The van der Waals surface area contributed by atoms with Crippen molar-refractivity contribution in [3.63, 3.8) is 0 Å². The predicted molar refractivity (Wildman–Crippen MR) is 69.5 cm³/mol. The number of nitrogens with two attached hydrogens (primary N) is 1.